The molecule has 0 bridgehead atoms. The Labute approximate surface area is 163 Å². The highest BCUT2D eigenvalue weighted by Crippen LogP contribution is 2.33. The lowest BCUT2D eigenvalue weighted by atomic mass is 10.0. The fourth-order valence-corrected chi connectivity index (χ4v) is 3.31. The number of halogens is 4. The van der Waals surface area contributed by atoms with Gasteiger partial charge in [0.2, 0.25) is 0 Å². The minimum Gasteiger partial charge on any atom is -0.337 e. The third-order valence-corrected chi connectivity index (χ3v) is 4.71. The molecule has 5 nitrogen and oxygen atoms in total. The van der Waals surface area contributed by atoms with Gasteiger partial charge in [0.1, 0.15) is 12.1 Å². The molecule has 1 aromatic carbocycles. The molecule has 1 amide bonds. The van der Waals surface area contributed by atoms with Crippen molar-refractivity contribution in [2.75, 3.05) is 7.05 Å². The van der Waals surface area contributed by atoms with Crippen molar-refractivity contribution >= 4 is 5.91 Å². The fraction of sp³-hybridized carbons (Fsp3) is 0.200. The van der Waals surface area contributed by atoms with Crippen LogP contribution in [-0.4, -0.2) is 32.8 Å². The first-order valence-electron chi connectivity index (χ1n) is 8.63. The van der Waals surface area contributed by atoms with Gasteiger partial charge < -0.3 is 4.90 Å². The SMILES string of the molecule is CN1Cc2c(ccnc2-c2cc([C@H](F)c3cc(F)cc(C(F)F)c3)ncn2)C1=O. The zero-order valence-corrected chi connectivity index (χ0v) is 15.1. The summed E-state index contributed by atoms with van der Waals surface area (Å²) < 4.78 is 54.5. The summed E-state index contributed by atoms with van der Waals surface area (Å²) in [6.45, 7) is 0.331. The van der Waals surface area contributed by atoms with Crippen LogP contribution in [0.25, 0.3) is 11.4 Å². The van der Waals surface area contributed by atoms with Crippen molar-refractivity contribution in [1.82, 2.24) is 19.9 Å². The van der Waals surface area contributed by atoms with Crippen LogP contribution in [0.1, 0.15) is 45.3 Å². The van der Waals surface area contributed by atoms with Gasteiger partial charge >= 0.3 is 0 Å². The zero-order valence-electron chi connectivity index (χ0n) is 15.1. The first kappa shape index (κ1) is 19.0. The van der Waals surface area contributed by atoms with Gasteiger partial charge in [0.15, 0.2) is 6.17 Å². The van der Waals surface area contributed by atoms with Crippen molar-refractivity contribution in [3.8, 4) is 11.4 Å². The standard InChI is InChI=1S/C20H14F4N4O/c1-28-8-14-13(20(28)29)2-3-25-18(14)16-7-15(26-9-27-16)17(22)10-4-11(19(23)24)6-12(21)5-10/h2-7,9,17,19H,8H2,1H3/t17-/m1/s1. The number of benzene rings is 1. The predicted octanol–water partition coefficient (Wildman–Crippen LogP) is 4.26. The van der Waals surface area contributed by atoms with Crippen molar-refractivity contribution in [3.05, 3.63) is 76.6 Å². The van der Waals surface area contributed by atoms with Gasteiger partial charge in [-0.2, -0.15) is 0 Å². The summed E-state index contributed by atoms with van der Waals surface area (Å²) in [5.74, 6) is -1.11. The van der Waals surface area contributed by atoms with Crippen LogP contribution >= 0.6 is 0 Å². The maximum Gasteiger partial charge on any atom is 0.263 e. The van der Waals surface area contributed by atoms with Gasteiger partial charge in [0.05, 0.1) is 17.1 Å². The van der Waals surface area contributed by atoms with Gasteiger partial charge in [0.25, 0.3) is 12.3 Å². The van der Waals surface area contributed by atoms with E-state index >= 15 is 4.39 Å². The van der Waals surface area contributed by atoms with Crippen LogP contribution in [0.15, 0.2) is 42.9 Å². The molecule has 1 atom stereocenters. The van der Waals surface area contributed by atoms with Crippen molar-refractivity contribution in [2.24, 2.45) is 0 Å². The molecular formula is C20H14F4N4O. The maximum atomic E-state index is 15.0. The lowest BCUT2D eigenvalue weighted by Gasteiger charge is -2.12. The van der Waals surface area contributed by atoms with E-state index in [1.165, 1.54) is 17.2 Å². The Kier molecular flexibility index (Phi) is 4.73. The summed E-state index contributed by atoms with van der Waals surface area (Å²) in [7, 11) is 1.65. The van der Waals surface area contributed by atoms with Gasteiger partial charge in [-0.25, -0.2) is 27.5 Å². The molecule has 3 heterocycles. The van der Waals surface area contributed by atoms with Gasteiger partial charge in [-0.05, 0) is 35.9 Å². The summed E-state index contributed by atoms with van der Waals surface area (Å²) in [6, 6.07) is 5.35. The second kappa shape index (κ2) is 7.23. The van der Waals surface area contributed by atoms with E-state index in [-0.39, 0.29) is 22.9 Å². The van der Waals surface area contributed by atoms with Crippen LogP contribution in [-0.2, 0) is 6.54 Å². The van der Waals surface area contributed by atoms with Crippen LogP contribution in [0, 0.1) is 5.82 Å². The van der Waals surface area contributed by atoms with Crippen LogP contribution < -0.4 is 0 Å². The number of fused-ring (bicyclic) bond motifs is 1. The van der Waals surface area contributed by atoms with Gasteiger partial charge in [0, 0.05) is 36.5 Å². The first-order valence-corrected chi connectivity index (χ1v) is 8.63. The van der Waals surface area contributed by atoms with Crippen LogP contribution in [0.2, 0.25) is 0 Å². The minimum atomic E-state index is -2.93. The second-order valence-corrected chi connectivity index (χ2v) is 6.66. The fourth-order valence-electron chi connectivity index (χ4n) is 3.31. The number of carbonyl (C=O) groups is 1. The molecular weight excluding hydrogens is 388 g/mol. The molecule has 0 fully saturated rings. The molecule has 0 N–H and O–H groups in total. The quantitative estimate of drug-likeness (QED) is 0.612. The van der Waals surface area contributed by atoms with E-state index in [1.54, 1.807) is 13.1 Å². The maximum absolute atomic E-state index is 15.0. The van der Waals surface area contributed by atoms with E-state index in [1.807, 2.05) is 0 Å². The number of alkyl halides is 3. The molecule has 1 aliphatic heterocycles. The number of rotatable bonds is 4. The Balaban J connectivity index is 1.74. The highest BCUT2D eigenvalue weighted by molar-refractivity contribution is 5.99. The van der Waals surface area contributed by atoms with Crippen LogP contribution in [0.5, 0.6) is 0 Å². The van der Waals surface area contributed by atoms with Crippen LogP contribution in [0.3, 0.4) is 0 Å². The molecule has 0 saturated heterocycles. The third kappa shape index (κ3) is 3.43. The molecule has 0 spiro atoms. The monoisotopic (exact) mass is 402 g/mol. The Morgan fingerprint density at radius 1 is 1.03 bits per heavy atom. The Morgan fingerprint density at radius 3 is 2.55 bits per heavy atom. The summed E-state index contributed by atoms with van der Waals surface area (Å²) >= 11 is 0. The van der Waals surface area contributed by atoms with Crippen molar-refractivity contribution < 1.29 is 22.4 Å². The molecule has 0 saturated carbocycles. The van der Waals surface area contributed by atoms with E-state index < -0.39 is 24.0 Å². The highest BCUT2D eigenvalue weighted by Gasteiger charge is 2.28. The number of hydrogen-bond donors (Lipinski definition) is 0. The second-order valence-electron chi connectivity index (χ2n) is 6.66. The third-order valence-electron chi connectivity index (χ3n) is 4.71. The van der Waals surface area contributed by atoms with E-state index in [2.05, 4.69) is 15.0 Å². The van der Waals surface area contributed by atoms with E-state index in [0.717, 1.165) is 18.5 Å². The molecule has 1 aliphatic rings. The number of hydrogen-bond acceptors (Lipinski definition) is 4. The number of nitrogens with zero attached hydrogens (tertiary/aromatic N) is 4. The molecule has 2 aromatic heterocycles. The number of carbonyl (C=O) groups excluding carboxylic acids is 1. The van der Waals surface area contributed by atoms with E-state index in [4.69, 9.17) is 0 Å². The number of pyridine rings is 1. The predicted molar refractivity (Wildman–Crippen MR) is 95.4 cm³/mol. The molecule has 148 valence electrons. The molecule has 0 aliphatic carbocycles. The summed E-state index contributed by atoms with van der Waals surface area (Å²) in [5.41, 5.74) is 0.823. The summed E-state index contributed by atoms with van der Waals surface area (Å²) in [6.07, 6.45) is -2.29. The largest absolute Gasteiger partial charge is 0.337 e. The lowest BCUT2D eigenvalue weighted by molar-refractivity contribution is 0.0816. The molecule has 9 heteroatoms. The zero-order chi connectivity index (χ0) is 20.7. The first-order chi connectivity index (χ1) is 13.8. The molecule has 0 radical (unpaired) electrons. The highest BCUT2D eigenvalue weighted by atomic mass is 19.3. The van der Waals surface area contributed by atoms with Crippen molar-refractivity contribution in [3.63, 3.8) is 0 Å². The Hall–Kier alpha value is -3.36. The molecule has 4 rings (SSSR count). The van der Waals surface area contributed by atoms with Gasteiger partial charge in [-0.1, -0.05) is 0 Å². The van der Waals surface area contributed by atoms with Gasteiger partial charge in [-0.15, -0.1) is 0 Å². The number of aromatic nitrogens is 3. The number of amides is 1. The average Bonchev–Trinajstić information content (AvgIpc) is 3.01. The van der Waals surface area contributed by atoms with E-state index in [0.29, 0.717) is 29.4 Å². The van der Waals surface area contributed by atoms with Gasteiger partial charge in [-0.3, -0.25) is 9.78 Å². The lowest BCUT2D eigenvalue weighted by Crippen LogP contribution is -2.17. The summed E-state index contributed by atoms with van der Waals surface area (Å²) in [4.78, 5) is 25.9. The van der Waals surface area contributed by atoms with Crippen molar-refractivity contribution in [2.45, 2.75) is 19.1 Å². The Morgan fingerprint density at radius 2 is 1.79 bits per heavy atom. The molecule has 3 aromatic rings. The van der Waals surface area contributed by atoms with E-state index in [9.17, 15) is 18.0 Å². The average molecular weight is 402 g/mol. The Bertz CT molecular complexity index is 1110. The minimum absolute atomic E-state index is 0.127. The van der Waals surface area contributed by atoms with Crippen LogP contribution in [0.4, 0.5) is 17.6 Å². The molecule has 29 heavy (non-hydrogen) atoms. The normalized spacial score (nSPS) is 14.4. The van der Waals surface area contributed by atoms with Crippen molar-refractivity contribution in [1.29, 1.82) is 0 Å². The smallest absolute Gasteiger partial charge is 0.263 e. The summed E-state index contributed by atoms with van der Waals surface area (Å²) in [5, 5.41) is 0. The topological polar surface area (TPSA) is 59.0 Å². The molecule has 0 unspecified atom stereocenters.